The van der Waals surface area contributed by atoms with Crippen molar-refractivity contribution in [2.75, 3.05) is 0 Å². The Labute approximate surface area is 317 Å². The Hall–Kier alpha value is -7.22. The van der Waals surface area contributed by atoms with E-state index in [1.54, 1.807) is 0 Å². The standard InChI is InChI=1S/C54H32O/c1-4-12-43-34(9-1)19-22-40-30-51(46-15-7-8-16-49(46)54(40)43)38-21-18-33-17-20-35(27-41(33)28-38)36-23-25-47-48-26-24-39(32-53(48)55-52(47)31-36)50-29-37-10-2-3-11-42(37)44-13-5-6-14-45(44)50/h1-32H. The topological polar surface area (TPSA) is 13.1 Å². The molecule has 254 valence electrons. The second-order valence-corrected chi connectivity index (χ2v) is 14.8. The molecule has 0 amide bonds. The average molecular weight is 697 g/mol. The van der Waals surface area contributed by atoms with E-state index in [9.17, 15) is 0 Å². The number of rotatable bonds is 3. The highest BCUT2D eigenvalue weighted by atomic mass is 16.3. The smallest absolute Gasteiger partial charge is 0.136 e. The zero-order valence-corrected chi connectivity index (χ0v) is 29.9. The molecule has 0 atom stereocenters. The second kappa shape index (κ2) is 11.6. The fourth-order valence-corrected chi connectivity index (χ4v) is 9.13. The van der Waals surface area contributed by atoms with Crippen molar-refractivity contribution in [3.63, 3.8) is 0 Å². The highest BCUT2D eigenvalue weighted by molar-refractivity contribution is 6.23. The van der Waals surface area contributed by atoms with Crippen LogP contribution in [0.1, 0.15) is 0 Å². The van der Waals surface area contributed by atoms with Crippen LogP contribution < -0.4 is 0 Å². The molecule has 11 aromatic carbocycles. The fourth-order valence-electron chi connectivity index (χ4n) is 9.13. The molecule has 0 unspecified atom stereocenters. The lowest BCUT2D eigenvalue weighted by Gasteiger charge is -2.14. The fraction of sp³-hybridized carbons (Fsp3) is 0. The van der Waals surface area contributed by atoms with Crippen LogP contribution in [-0.2, 0) is 0 Å². The number of furan rings is 1. The lowest BCUT2D eigenvalue weighted by Crippen LogP contribution is -1.87. The summed E-state index contributed by atoms with van der Waals surface area (Å²) in [6.45, 7) is 0. The van der Waals surface area contributed by atoms with E-state index in [2.05, 4.69) is 194 Å². The zero-order valence-electron chi connectivity index (χ0n) is 29.9. The molecular formula is C54H32O. The molecule has 0 aliphatic rings. The van der Waals surface area contributed by atoms with Crippen molar-refractivity contribution >= 4 is 86.6 Å². The van der Waals surface area contributed by atoms with E-state index in [4.69, 9.17) is 4.42 Å². The van der Waals surface area contributed by atoms with Crippen LogP contribution in [-0.4, -0.2) is 0 Å². The summed E-state index contributed by atoms with van der Waals surface area (Å²) in [6, 6.07) is 71.1. The summed E-state index contributed by atoms with van der Waals surface area (Å²) in [5.41, 5.74) is 8.97. The van der Waals surface area contributed by atoms with Crippen LogP contribution in [0, 0.1) is 0 Å². The van der Waals surface area contributed by atoms with Gasteiger partial charge < -0.3 is 4.42 Å². The maximum absolute atomic E-state index is 6.64. The molecule has 0 spiro atoms. The van der Waals surface area contributed by atoms with Gasteiger partial charge in [-0.05, 0) is 147 Å². The number of hydrogen-bond acceptors (Lipinski definition) is 1. The van der Waals surface area contributed by atoms with Crippen LogP contribution >= 0.6 is 0 Å². The molecule has 0 fully saturated rings. The van der Waals surface area contributed by atoms with E-state index >= 15 is 0 Å². The van der Waals surface area contributed by atoms with Gasteiger partial charge in [0.25, 0.3) is 0 Å². The van der Waals surface area contributed by atoms with Crippen molar-refractivity contribution in [1.29, 1.82) is 0 Å². The largest absolute Gasteiger partial charge is 0.456 e. The Morgan fingerprint density at radius 3 is 1.49 bits per heavy atom. The molecule has 0 saturated carbocycles. The minimum Gasteiger partial charge on any atom is -0.456 e. The maximum Gasteiger partial charge on any atom is 0.136 e. The first-order valence-corrected chi connectivity index (χ1v) is 19.0. The van der Waals surface area contributed by atoms with Gasteiger partial charge in [-0.15, -0.1) is 0 Å². The molecule has 0 saturated heterocycles. The Morgan fingerprint density at radius 1 is 0.236 bits per heavy atom. The predicted octanol–water partition coefficient (Wildman–Crippen LogP) is 15.5. The van der Waals surface area contributed by atoms with Crippen LogP contribution in [0.3, 0.4) is 0 Å². The summed E-state index contributed by atoms with van der Waals surface area (Å²) in [4.78, 5) is 0. The van der Waals surface area contributed by atoms with Gasteiger partial charge in [0.15, 0.2) is 0 Å². The lowest BCUT2D eigenvalue weighted by molar-refractivity contribution is 0.669. The van der Waals surface area contributed by atoms with Gasteiger partial charge in [-0.25, -0.2) is 0 Å². The summed E-state index contributed by atoms with van der Waals surface area (Å²) in [5, 5.41) is 17.5. The lowest BCUT2D eigenvalue weighted by atomic mass is 9.90. The van der Waals surface area contributed by atoms with Gasteiger partial charge in [-0.1, -0.05) is 146 Å². The molecule has 0 N–H and O–H groups in total. The minimum absolute atomic E-state index is 0.900. The molecule has 12 rings (SSSR count). The van der Waals surface area contributed by atoms with Crippen LogP contribution in [0.25, 0.3) is 120 Å². The third-order valence-corrected chi connectivity index (χ3v) is 11.8. The Balaban J connectivity index is 0.956. The Morgan fingerprint density at radius 2 is 0.709 bits per heavy atom. The van der Waals surface area contributed by atoms with Crippen LogP contribution in [0.5, 0.6) is 0 Å². The van der Waals surface area contributed by atoms with E-state index in [1.165, 1.54) is 86.9 Å². The molecule has 55 heavy (non-hydrogen) atoms. The third-order valence-electron chi connectivity index (χ3n) is 11.8. The molecule has 0 radical (unpaired) electrons. The SMILES string of the molecule is c1ccc2c(c1)cc(-c1ccc3c(c1)oc1cc(-c4ccc5ccc(-c6cc7ccc8ccccc8c7c7ccccc67)cc5c4)ccc13)c1ccccc12. The van der Waals surface area contributed by atoms with Crippen molar-refractivity contribution in [2.24, 2.45) is 0 Å². The summed E-state index contributed by atoms with van der Waals surface area (Å²) in [6.07, 6.45) is 0. The first kappa shape index (κ1) is 30.3. The maximum atomic E-state index is 6.64. The molecule has 12 aromatic rings. The van der Waals surface area contributed by atoms with Gasteiger partial charge in [0.05, 0.1) is 0 Å². The molecule has 1 heteroatoms. The average Bonchev–Trinajstić information content (AvgIpc) is 3.62. The van der Waals surface area contributed by atoms with Crippen molar-refractivity contribution in [2.45, 2.75) is 0 Å². The van der Waals surface area contributed by atoms with Crippen LogP contribution in [0.4, 0.5) is 0 Å². The van der Waals surface area contributed by atoms with Crippen molar-refractivity contribution in [3.8, 4) is 33.4 Å². The summed E-state index contributed by atoms with van der Waals surface area (Å²) >= 11 is 0. The van der Waals surface area contributed by atoms with Gasteiger partial charge in [-0.2, -0.15) is 0 Å². The van der Waals surface area contributed by atoms with Crippen molar-refractivity contribution in [3.05, 3.63) is 194 Å². The molecule has 0 aliphatic carbocycles. The van der Waals surface area contributed by atoms with Crippen molar-refractivity contribution in [1.82, 2.24) is 0 Å². The number of benzene rings is 11. The summed E-state index contributed by atoms with van der Waals surface area (Å²) in [7, 11) is 0. The van der Waals surface area contributed by atoms with Gasteiger partial charge >= 0.3 is 0 Å². The number of hydrogen-bond donors (Lipinski definition) is 0. The summed E-state index contributed by atoms with van der Waals surface area (Å²) in [5.74, 6) is 0. The zero-order chi connectivity index (χ0) is 36.0. The second-order valence-electron chi connectivity index (χ2n) is 14.8. The molecule has 0 aliphatic heterocycles. The van der Waals surface area contributed by atoms with E-state index < -0.39 is 0 Å². The molecule has 1 aromatic heterocycles. The molecular weight excluding hydrogens is 665 g/mol. The normalized spacial score (nSPS) is 12.0. The number of fused-ring (bicyclic) bond motifs is 12. The minimum atomic E-state index is 0.900. The monoisotopic (exact) mass is 696 g/mol. The first-order valence-electron chi connectivity index (χ1n) is 19.0. The van der Waals surface area contributed by atoms with Crippen LogP contribution in [0.2, 0.25) is 0 Å². The van der Waals surface area contributed by atoms with Gasteiger partial charge in [-0.3, -0.25) is 0 Å². The van der Waals surface area contributed by atoms with Gasteiger partial charge in [0.2, 0.25) is 0 Å². The molecule has 0 bridgehead atoms. The highest BCUT2D eigenvalue weighted by Gasteiger charge is 2.15. The van der Waals surface area contributed by atoms with Crippen LogP contribution in [0.15, 0.2) is 199 Å². The quantitative estimate of drug-likeness (QED) is 0.168. The summed E-state index contributed by atoms with van der Waals surface area (Å²) < 4.78 is 6.64. The molecule has 1 heterocycles. The van der Waals surface area contributed by atoms with Gasteiger partial charge in [0.1, 0.15) is 11.2 Å². The van der Waals surface area contributed by atoms with Gasteiger partial charge in [0, 0.05) is 10.8 Å². The van der Waals surface area contributed by atoms with E-state index in [1.807, 2.05) is 0 Å². The third kappa shape index (κ3) is 4.67. The predicted molar refractivity (Wildman–Crippen MR) is 235 cm³/mol. The van der Waals surface area contributed by atoms with Crippen molar-refractivity contribution < 1.29 is 4.42 Å². The van der Waals surface area contributed by atoms with E-state index in [-0.39, 0.29) is 0 Å². The van der Waals surface area contributed by atoms with E-state index in [0.29, 0.717) is 0 Å². The Bertz CT molecular complexity index is 3550. The first-order chi connectivity index (χ1) is 27.2. The molecule has 1 nitrogen and oxygen atoms in total. The highest BCUT2D eigenvalue weighted by Crippen LogP contribution is 2.41. The van der Waals surface area contributed by atoms with E-state index in [0.717, 1.165) is 33.1 Å². The Kier molecular flexibility index (Phi) is 6.40.